The second kappa shape index (κ2) is 9.56. The van der Waals surface area contributed by atoms with Crippen LogP contribution in [0.1, 0.15) is 37.3 Å². The number of benzene rings is 2. The SMILES string of the molecule is C/C(=N/NC(=O)COc1ccc(C#N)cc1)c1ccc(N2CCCCC2)cc1. The third kappa shape index (κ3) is 5.34. The van der Waals surface area contributed by atoms with Crippen molar-refractivity contribution in [3.05, 3.63) is 59.7 Å². The Morgan fingerprint density at radius 2 is 1.79 bits per heavy atom. The molecule has 1 N–H and O–H groups in total. The van der Waals surface area contributed by atoms with Gasteiger partial charge >= 0.3 is 0 Å². The molecule has 28 heavy (non-hydrogen) atoms. The van der Waals surface area contributed by atoms with Crippen molar-refractivity contribution < 1.29 is 9.53 Å². The van der Waals surface area contributed by atoms with E-state index in [0.29, 0.717) is 11.3 Å². The molecule has 6 nitrogen and oxygen atoms in total. The first-order chi connectivity index (χ1) is 13.7. The Kier molecular flexibility index (Phi) is 6.64. The number of hydrogen-bond acceptors (Lipinski definition) is 5. The van der Waals surface area contributed by atoms with Gasteiger partial charge in [0.05, 0.1) is 17.3 Å². The number of rotatable bonds is 6. The van der Waals surface area contributed by atoms with E-state index in [1.165, 1.54) is 24.9 Å². The molecule has 0 radical (unpaired) electrons. The maximum atomic E-state index is 11.9. The number of amides is 1. The fraction of sp³-hybridized carbons (Fsp3) is 0.318. The van der Waals surface area contributed by atoms with Crippen molar-refractivity contribution in [2.24, 2.45) is 5.10 Å². The van der Waals surface area contributed by atoms with Crippen LogP contribution in [-0.4, -0.2) is 31.3 Å². The van der Waals surface area contributed by atoms with E-state index >= 15 is 0 Å². The van der Waals surface area contributed by atoms with Gasteiger partial charge in [0.1, 0.15) is 5.75 Å². The van der Waals surface area contributed by atoms with Gasteiger partial charge in [0, 0.05) is 18.8 Å². The molecule has 1 aliphatic rings. The summed E-state index contributed by atoms with van der Waals surface area (Å²) in [6.07, 6.45) is 3.81. The molecule has 2 aromatic carbocycles. The molecule has 1 fully saturated rings. The monoisotopic (exact) mass is 376 g/mol. The van der Waals surface area contributed by atoms with Gasteiger partial charge < -0.3 is 9.64 Å². The molecule has 1 saturated heterocycles. The summed E-state index contributed by atoms with van der Waals surface area (Å²) in [6.45, 7) is 3.94. The van der Waals surface area contributed by atoms with Gasteiger partial charge in [0.25, 0.3) is 5.91 Å². The van der Waals surface area contributed by atoms with Crippen LogP contribution in [0.5, 0.6) is 5.75 Å². The smallest absolute Gasteiger partial charge is 0.277 e. The zero-order valence-electron chi connectivity index (χ0n) is 16.0. The van der Waals surface area contributed by atoms with Crippen molar-refractivity contribution in [2.75, 3.05) is 24.6 Å². The average molecular weight is 376 g/mol. The molecule has 0 bridgehead atoms. The Balaban J connectivity index is 1.50. The van der Waals surface area contributed by atoms with Crippen LogP contribution in [0.3, 0.4) is 0 Å². The lowest BCUT2D eigenvalue weighted by Gasteiger charge is -2.28. The Bertz CT molecular complexity index is 861. The van der Waals surface area contributed by atoms with E-state index in [0.717, 1.165) is 24.4 Å². The van der Waals surface area contributed by atoms with Gasteiger partial charge in [-0.3, -0.25) is 4.79 Å². The molecule has 2 aromatic rings. The lowest BCUT2D eigenvalue weighted by atomic mass is 10.1. The maximum Gasteiger partial charge on any atom is 0.277 e. The number of piperidine rings is 1. The lowest BCUT2D eigenvalue weighted by molar-refractivity contribution is -0.123. The maximum absolute atomic E-state index is 11.9. The molecule has 1 heterocycles. The van der Waals surface area contributed by atoms with Crippen molar-refractivity contribution in [3.8, 4) is 11.8 Å². The van der Waals surface area contributed by atoms with Gasteiger partial charge in [-0.2, -0.15) is 10.4 Å². The molecule has 0 saturated carbocycles. The number of nitriles is 1. The average Bonchev–Trinajstić information content (AvgIpc) is 2.77. The number of anilines is 1. The minimum atomic E-state index is -0.339. The molecule has 3 rings (SSSR count). The number of ether oxygens (including phenoxy) is 1. The highest BCUT2D eigenvalue weighted by Gasteiger charge is 2.11. The van der Waals surface area contributed by atoms with Crippen LogP contribution in [0.2, 0.25) is 0 Å². The largest absolute Gasteiger partial charge is 0.484 e. The molecule has 0 atom stereocenters. The summed E-state index contributed by atoms with van der Waals surface area (Å²) in [7, 11) is 0. The van der Waals surface area contributed by atoms with Crippen LogP contribution in [0.15, 0.2) is 53.6 Å². The summed E-state index contributed by atoms with van der Waals surface area (Å²) >= 11 is 0. The number of hydrazone groups is 1. The molecular formula is C22H24N4O2. The third-order valence-electron chi connectivity index (χ3n) is 4.71. The molecule has 1 aliphatic heterocycles. The quantitative estimate of drug-likeness (QED) is 0.619. The van der Waals surface area contributed by atoms with Crippen molar-refractivity contribution >= 4 is 17.3 Å². The first-order valence-corrected chi connectivity index (χ1v) is 9.47. The molecule has 0 aliphatic carbocycles. The standard InChI is InChI=1S/C22H24N4O2/c1-17(19-7-9-20(10-8-19)26-13-3-2-4-14-26)24-25-22(27)16-28-21-11-5-18(15-23)6-12-21/h5-12H,2-4,13-14,16H2,1H3,(H,25,27)/b24-17-. The van der Waals surface area contributed by atoms with Gasteiger partial charge in [-0.15, -0.1) is 0 Å². The van der Waals surface area contributed by atoms with Crippen LogP contribution >= 0.6 is 0 Å². The van der Waals surface area contributed by atoms with E-state index in [9.17, 15) is 4.79 Å². The van der Waals surface area contributed by atoms with Crippen LogP contribution in [-0.2, 0) is 4.79 Å². The first-order valence-electron chi connectivity index (χ1n) is 9.47. The molecule has 144 valence electrons. The number of nitrogens with zero attached hydrogens (tertiary/aromatic N) is 3. The minimum Gasteiger partial charge on any atom is -0.484 e. The van der Waals surface area contributed by atoms with Gasteiger partial charge in [0.2, 0.25) is 0 Å². The molecule has 0 spiro atoms. The Morgan fingerprint density at radius 1 is 1.11 bits per heavy atom. The van der Waals surface area contributed by atoms with E-state index in [1.54, 1.807) is 24.3 Å². The Labute approximate surface area is 165 Å². The molecule has 1 amide bonds. The summed E-state index contributed by atoms with van der Waals surface area (Å²) in [5, 5.41) is 12.9. The van der Waals surface area contributed by atoms with Crippen molar-refractivity contribution in [2.45, 2.75) is 26.2 Å². The number of hydrogen-bond donors (Lipinski definition) is 1. The predicted octanol–water partition coefficient (Wildman–Crippen LogP) is 3.47. The molecule has 6 heteroatoms. The van der Waals surface area contributed by atoms with Crippen LogP contribution in [0, 0.1) is 11.3 Å². The summed E-state index contributed by atoms with van der Waals surface area (Å²) in [6, 6.07) is 16.9. The number of nitrogens with one attached hydrogen (secondary N) is 1. The Morgan fingerprint density at radius 3 is 2.43 bits per heavy atom. The number of carbonyl (C=O) groups excluding carboxylic acids is 1. The van der Waals surface area contributed by atoms with Gasteiger partial charge in [-0.05, 0) is 68.1 Å². The van der Waals surface area contributed by atoms with Crippen LogP contribution in [0.25, 0.3) is 0 Å². The highest BCUT2D eigenvalue weighted by atomic mass is 16.5. The Hall–Kier alpha value is -3.33. The van der Waals surface area contributed by atoms with Crippen LogP contribution in [0.4, 0.5) is 5.69 Å². The zero-order valence-corrected chi connectivity index (χ0v) is 16.0. The van der Waals surface area contributed by atoms with Crippen LogP contribution < -0.4 is 15.1 Å². The van der Waals surface area contributed by atoms with E-state index in [4.69, 9.17) is 10.00 Å². The summed E-state index contributed by atoms with van der Waals surface area (Å²) in [5.74, 6) is 0.191. The highest BCUT2D eigenvalue weighted by Crippen LogP contribution is 2.20. The van der Waals surface area contributed by atoms with Gasteiger partial charge in [-0.1, -0.05) is 12.1 Å². The summed E-state index contributed by atoms with van der Waals surface area (Å²) < 4.78 is 5.39. The van der Waals surface area contributed by atoms with Crippen molar-refractivity contribution in [1.82, 2.24) is 5.43 Å². The third-order valence-corrected chi connectivity index (χ3v) is 4.71. The first kappa shape index (κ1) is 19.4. The summed E-state index contributed by atoms with van der Waals surface area (Å²) in [4.78, 5) is 14.3. The molecular weight excluding hydrogens is 352 g/mol. The fourth-order valence-corrected chi connectivity index (χ4v) is 3.08. The fourth-order valence-electron chi connectivity index (χ4n) is 3.08. The highest BCUT2D eigenvalue weighted by molar-refractivity contribution is 5.99. The second-order valence-corrected chi connectivity index (χ2v) is 6.75. The normalized spacial score (nSPS) is 14.3. The van der Waals surface area contributed by atoms with E-state index < -0.39 is 0 Å². The van der Waals surface area contributed by atoms with Gasteiger partial charge in [-0.25, -0.2) is 5.43 Å². The lowest BCUT2D eigenvalue weighted by Crippen LogP contribution is -2.29. The van der Waals surface area contributed by atoms with E-state index in [1.807, 2.05) is 25.1 Å². The molecule has 0 unspecified atom stereocenters. The van der Waals surface area contributed by atoms with Crippen molar-refractivity contribution in [1.29, 1.82) is 5.26 Å². The van der Waals surface area contributed by atoms with E-state index in [2.05, 4.69) is 27.6 Å². The van der Waals surface area contributed by atoms with Gasteiger partial charge in [0.15, 0.2) is 6.61 Å². The minimum absolute atomic E-state index is 0.142. The zero-order chi connectivity index (χ0) is 19.8. The topological polar surface area (TPSA) is 77.7 Å². The predicted molar refractivity (Wildman–Crippen MR) is 110 cm³/mol. The number of carbonyl (C=O) groups is 1. The van der Waals surface area contributed by atoms with E-state index in [-0.39, 0.29) is 12.5 Å². The van der Waals surface area contributed by atoms with Crippen molar-refractivity contribution in [3.63, 3.8) is 0 Å². The molecule has 0 aromatic heterocycles. The second-order valence-electron chi connectivity index (χ2n) is 6.75. The summed E-state index contributed by atoms with van der Waals surface area (Å²) in [5.41, 5.74) is 5.99.